The molecule has 2 aliphatic rings. The van der Waals surface area contributed by atoms with Gasteiger partial charge in [0.15, 0.2) is 0 Å². The maximum atomic E-state index is 14.7. The van der Waals surface area contributed by atoms with Gasteiger partial charge in [-0.05, 0) is 49.6 Å². The Labute approximate surface area is 244 Å². The van der Waals surface area contributed by atoms with Crippen molar-refractivity contribution in [1.82, 2.24) is 30.0 Å². The van der Waals surface area contributed by atoms with Crippen molar-refractivity contribution in [2.24, 2.45) is 0 Å². The van der Waals surface area contributed by atoms with Crippen molar-refractivity contribution in [1.29, 1.82) is 0 Å². The van der Waals surface area contributed by atoms with Crippen molar-refractivity contribution in [3.8, 4) is 11.3 Å². The number of unbranched alkanes of at least 4 members (excludes halogenated alkanes) is 1. The minimum absolute atomic E-state index is 0.0408. The molecule has 0 bridgehead atoms. The molecule has 0 saturated carbocycles. The van der Waals surface area contributed by atoms with Gasteiger partial charge < -0.3 is 5.32 Å². The van der Waals surface area contributed by atoms with Crippen LogP contribution in [-0.2, 0) is 16.1 Å². The van der Waals surface area contributed by atoms with Crippen LogP contribution in [0.25, 0.3) is 22.3 Å². The fourth-order valence-corrected chi connectivity index (χ4v) is 5.32. The molecule has 1 unspecified atom stereocenters. The Bertz CT molecular complexity index is 1760. The minimum atomic E-state index is -2.97. The van der Waals surface area contributed by atoms with Gasteiger partial charge in [-0.25, -0.2) is 13.8 Å². The molecule has 11 nitrogen and oxygen atoms in total. The average Bonchev–Trinajstić information content (AvgIpc) is 3.54. The SMILES string of the molecule is O=C1CCC(N2C(=O)c3ccc(NCCCCC(F)(F)Cn4cc(-c5cnc6ccccc6n5)cn4)cc3C2=O)C(=O)N1. The second-order valence-electron chi connectivity index (χ2n) is 10.6. The zero-order valence-electron chi connectivity index (χ0n) is 22.9. The highest BCUT2D eigenvalue weighted by Gasteiger charge is 2.44. The van der Waals surface area contributed by atoms with Gasteiger partial charge in [-0.15, -0.1) is 0 Å². The van der Waals surface area contributed by atoms with Crippen molar-refractivity contribution in [2.45, 2.75) is 50.6 Å². The monoisotopic (exact) mass is 587 g/mol. The number of hydrogen-bond acceptors (Lipinski definition) is 8. The summed E-state index contributed by atoms with van der Waals surface area (Å²) in [5, 5.41) is 9.36. The number of amides is 4. The van der Waals surface area contributed by atoms with Gasteiger partial charge in [0.1, 0.15) is 12.6 Å². The topological polar surface area (TPSA) is 139 Å². The standard InChI is InChI=1S/C30H27F2N7O4/c31-30(32,17-38-16-18(14-35-38)24-15-34-22-5-1-2-6-23(22)36-24)11-3-4-12-33-19-7-8-20-21(13-19)29(43)39(28(20)42)25-9-10-26(40)37-27(25)41/h1-2,5-8,13-16,25,33H,3-4,9-12,17H2,(H,37,40,41). The number of anilines is 1. The number of para-hydroxylation sites is 2. The molecule has 43 heavy (non-hydrogen) atoms. The van der Waals surface area contributed by atoms with Crippen molar-refractivity contribution in [2.75, 3.05) is 11.9 Å². The van der Waals surface area contributed by atoms with E-state index in [1.54, 1.807) is 12.3 Å². The van der Waals surface area contributed by atoms with Gasteiger partial charge in [0, 0.05) is 36.8 Å². The van der Waals surface area contributed by atoms with Gasteiger partial charge >= 0.3 is 0 Å². The number of fused-ring (bicyclic) bond motifs is 2. The number of nitrogens with zero attached hydrogens (tertiary/aromatic N) is 5. The predicted octanol–water partition coefficient (Wildman–Crippen LogP) is 3.81. The Morgan fingerprint density at radius 2 is 1.77 bits per heavy atom. The summed E-state index contributed by atoms with van der Waals surface area (Å²) in [6.07, 6.45) is 5.10. The van der Waals surface area contributed by atoms with Crippen LogP contribution in [0.5, 0.6) is 0 Å². The Morgan fingerprint density at radius 3 is 2.58 bits per heavy atom. The molecular formula is C30H27F2N7O4. The van der Waals surface area contributed by atoms with E-state index in [2.05, 4.69) is 25.7 Å². The van der Waals surface area contributed by atoms with Crippen LogP contribution in [0.3, 0.4) is 0 Å². The number of halogens is 2. The molecule has 1 saturated heterocycles. The maximum absolute atomic E-state index is 14.7. The Kier molecular flexibility index (Phi) is 7.38. The summed E-state index contributed by atoms with van der Waals surface area (Å²) < 4.78 is 30.7. The molecule has 1 fully saturated rings. The summed E-state index contributed by atoms with van der Waals surface area (Å²) in [6.45, 7) is -0.188. The number of benzene rings is 2. The van der Waals surface area contributed by atoms with Gasteiger partial charge in [0.05, 0.1) is 40.2 Å². The highest BCUT2D eigenvalue weighted by Crippen LogP contribution is 2.30. The van der Waals surface area contributed by atoms with E-state index in [4.69, 9.17) is 0 Å². The summed E-state index contributed by atoms with van der Waals surface area (Å²) in [5.74, 6) is -5.28. The molecular weight excluding hydrogens is 560 g/mol. The van der Waals surface area contributed by atoms with Crippen LogP contribution >= 0.6 is 0 Å². The predicted molar refractivity (Wildman–Crippen MR) is 151 cm³/mol. The molecule has 2 aromatic heterocycles. The lowest BCUT2D eigenvalue weighted by atomic mass is 10.0. The lowest BCUT2D eigenvalue weighted by Gasteiger charge is -2.27. The molecule has 220 valence electrons. The third kappa shape index (κ3) is 5.83. The molecule has 4 aromatic rings. The van der Waals surface area contributed by atoms with Crippen molar-refractivity contribution >= 4 is 40.3 Å². The molecule has 4 amide bonds. The highest BCUT2D eigenvalue weighted by atomic mass is 19.3. The number of imide groups is 2. The molecule has 6 rings (SSSR count). The number of piperidine rings is 1. The van der Waals surface area contributed by atoms with Crippen LogP contribution < -0.4 is 10.6 Å². The minimum Gasteiger partial charge on any atom is -0.385 e. The number of alkyl halides is 2. The molecule has 13 heteroatoms. The van der Waals surface area contributed by atoms with Gasteiger partial charge in [-0.3, -0.25) is 39.1 Å². The summed E-state index contributed by atoms with van der Waals surface area (Å²) >= 11 is 0. The number of nitrogens with one attached hydrogen (secondary N) is 2. The second kappa shape index (κ2) is 11.3. The second-order valence-corrected chi connectivity index (χ2v) is 10.6. The average molecular weight is 588 g/mol. The van der Waals surface area contributed by atoms with Crippen molar-refractivity contribution in [3.63, 3.8) is 0 Å². The summed E-state index contributed by atoms with van der Waals surface area (Å²) in [7, 11) is 0. The molecule has 0 aliphatic carbocycles. The summed E-state index contributed by atoms with van der Waals surface area (Å²) in [5.41, 5.74) is 3.50. The van der Waals surface area contributed by atoms with Crippen molar-refractivity contribution < 1.29 is 28.0 Å². The van der Waals surface area contributed by atoms with E-state index in [1.807, 2.05) is 24.3 Å². The molecule has 1 atom stereocenters. The van der Waals surface area contributed by atoms with E-state index in [-0.39, 0.29) is 36.8 Å². The van der Waals surface area contributed by atoms with Crippen LogP contribution in [0.4, 0.5) is 14.5 Å². The molecule has 0 radical (unpaired) electrons. The van der Waals surface area contributed by atoms with Crippen LogP contribution in [0, 0.1) is 0 Å². The van der Waals surface area contributed by atoms with E-state index in [0.29, 0.717) is 35.4 Å². The third-order valence-corrected chi connectivity index (χ3v) is 7.51. The highest BCUT2D eigenvalue weighted by molar-refractivity contribution is 6.23. The molecule has 2 aromatic carbocycles. The number of rotatable bonds is 10. The molecule has 2 aliphatic heterocycles. The van der Waals surface area contributed by atoms with E-state index >= 15 is 0 Å². The van der Waals surface area contributed by atoms with Gasteiger partial charge in [-0.1, -0.05) is 12.1 Å². The van der Waals surface area contributed by atoms with Gasteiger partial charge in [0.2, 0.25) is 11.8 Å². The fraction of sp³-hybridized carbons (Fsp3) is 0.300. The third-order valence-electron chi connectivity index (χ3n) is 7.51. The summed E-state index contributed by atoms with van der Waals surface area (Å²) in [4.78, 5) is 59.3. The smallest absolute Gasteiger partial charge is 0.267 e. The number of carbonyl (C=O) groups is 4. The zero-order valence-corrected chi connectivity index (χ0v) is 22.9. The Balaban J connectivity index is 0.989. The molecule has 2 N–H and O–H groups in total. The first-order valence-corrected chi connectivity index (χ1v) is 13.9. The first-order valence-electron chi connectivity index (χ1n) is 13.9. The Morgan fingerprint density at radius 1 is 0.977 bits per heavy atom. The maximum Gasteiger partial charge on any atom is 0.267 e. The van der Waals surface area contributed by atoms with E-state index in [0.717, 1.165) is 10.4 Å². The fourth-order valence-electron chi connectivity index (χ4n) is 5.32. The lowest BCUT2D eigenvalue weighted by molar-refractivity contribution is -0.136. The first-order chi connectivity index (χ1) is 20.7. The quantitative estimate of drug-likeness (QED) is 0.211. The number of carbonyl (C=O) groups excluding carboxylic acids is 4. The largest absolute Gasteiger partial charge is 0.385 e. The van der Waals surface area contributed by atoms with Crippen LogP contribution in [-0.4, -0.2) is 66.8 Å². The van der Waals surface area contributed by atoms with Gasteiger partial charge in [-0.2, -0.15) is 5.10 Å². The number of hydrogen-bond donors (Lipinski definition) is 2. The first kappa shape index (κ1) is 28.1. The van der Waals surface area contributed by atoms with E-state index in [1.165, 1.54) is 29.2 Å². The zero-order chi connectivity index (χ0) is 30.1. The van der Waals surface area contributed by atoms with E-state index in [9.17, 15) is 28.0 Å². The van der Waals surface area contributed by atoms with Crippen LogP contribution in [0.2, 0.25) is 0 Å². The van der Waals surface area contributed by atoms with Crippen LogP contribution in [0.15, 0.2) is 61.1 Å². The Hall–Kier alpha value is -5.07. The van der Waals surface area contributed by atoms with Crippen LogP contribution in [0.1, 0.15) is 52.8 Å². The number of aromatic nitrogens is 4. The van der Waals surface area contributed by atoms with Gasteiger partial charge in [0.25, 0.3) is 17.7 Å². The molecule has 4 heterocycles. The van der Waals surface area contributed by atoms with E-state index < -0.39 is 42.1 Å². The normalized spacial score (nSPS) is 17.0. The van der Waals surface area contributed by atoms with Crippen molar-refractivity contribution in [3.05, 3.63) is 72.2 Å². The lowest BCUT2D eigenvalue weighted by Crippen LogP contribution is -2.54. The molecule has 0 spiro atoms. The summed E-state index contributed by atoms with van der Waals surface area (Å²) in [6, 6.07) is 11.0.